The van der Waals surface area contributed by atoms with Crippen LogP contribution in [-0.4, -0.2) is 55.1 Å². The molecule has 1 aromatic carbocycles. The van der Waals surface area contributed by atoms with E-state index >= 15 is 0 Å². The number of fused-ring (bicyclic) bond motifs is 1. The van der Waals surface area contributed by atoms with Crippen molar-refractivity contribution in [2.75, 3.05) is 26.2 Å². The maximum Gasteiger partial charge on any atom is 0.407 e. The molecular weight excluding hydrogens is 368 g/mol. The van der Waals surface area contributed by atoms with Crippen LogP contribution in [0.5, 0.6) is 5.75 Å². The molecule has 0 saturated carbocycles. The normalized spacial score (nSPS) is 18.7. The van der Waals surface area contributed by atoms with Gasteiger partial charge in [0.2, 0.25) is 10.0 Å². The lowest BCUT2D eigenvalue weighted by molar-refractivity contribution is 0.119. The smallest absolute Gasteiger partial charge is 0.407 e. The third-order valence-corrected chi connectivity index (χ3v) is 6.86. The van der Waals surface area contributed by atoms with E-state index in [0.717, 1.165) is 41.5 Å². The Hall–Kier alpha value is -2.06. The van der Waals surface area contributed by atoms with Crippen LogP contribution in [0.1, 0.15) is 30.4 Å². The molecule has 0 unspecified atom stereocenters. The Kier molecular flexibility index (Phi) is 6.06. The molecule has 0 aromatic heterocycles. The first kappa shape index (κ1) is 19.7. The quantitative estimate of drug-likeness (QED) is 0.802. The molecular formula is C19H26N2O5S. The van der Waals surface area contributed by atoms with E-state index in [2.05, 4.69) is 6.58 Å². The predicted octanol–water partition coefficient (Wildman–Crippen LogP) is 2.68. The van der Waals surface area contributed by atoms with Crippen molar-refractivity contribution < 1.29 is 23.1 Å². The molecule has 0 aliphatic carbocycles. The number of benzene rings is 1. The maximum absolute atomic E-state index is 11.9. The van der Waals surface area contributed by atoms with Crippen LogP contribution in [0.15, 0.2) is 30.2 Å². The van der Waals surface area contributed by atoms with Crippen LogP contribution in [0.25, 0.3) is 0 Å². The van der Waals surface area contributed by atoms with Crippen LogP contribution in [-0.2, 0) is 23.0 Å². The molecule has 0 spiro atoms. The van der Waals surface area contributed by atoms with E-state index in [9.17, 15) is 13.2 Å². The summed E-state index contributed by atoms with van der Waals surface area (Å²) < 4.78 is 31.2. The topological polar surface area (TPSA) is 87.2 Å². The Balaban J connectivity index is 1.49. The summed E-state index contributed by atoms with van der Waals surface area (Å²) in [7, 11) is -3.38. The summed E-state index contributed by atoms with van der Waals surface area (Å²) in [5, 5.41) is 9.98. The largest absolute Gasteiger partial charge is 0.494 e. The molecule has 2 heterocycles. The number of piperidine rings is 1. The summed E-state index contributed by atoms with van der Waals surface area (Å²) in [5.74, 6) is 1.30. The molecule has 148 valence electrons. The van der Waals surface area contributed by atoms with Gasteiger partial charge in [0.15, 0.2) is 0 Å². The van der Waals surface area contributed by atoms with Gasteiger partial charge in [-0.25, -0.2) is 13.2 Å². The van der Waals surface area contributed by atoms with Gasteiger partial charge in [0.1, 0.15) is 5.75 Å². The average Bonchev–Trinajstić information content (AvgIpc) is 2.68. The van der Waals surface area contributed by atoms with Gasteiger partial charge in [-0.05, 0) is 54.9 Å². The molecule has 0 radical (unpaired) electrons. The summed E-state index contributed by atoms with van der Waals surface area (Å²) in [6.07, 6.45) is 2.50. The van der Waals surface area contributed by atoms with Crippen molar-refractivity contribution >= 4 is 16.1 Å². The zero-order valence-corrected chi connectivity index (χ0v) is 16.2. The SMILES string of the molecule is C=CS(=O)(=O)N1CCc2cc(OCCC3CCN(C(=O)O)CC3)ccc2C1. The van der Waals surface area contributed by atoms with Crippen molar-refractivity contribution in [1.29, 1.82) is 0 Å². The molecule has 1 fully saturated rings. The van der Waals surface area contributed by atoms with Gasteiger partial charge in [-0.15, -0.1) is 0 Å². The van der Waals surface area contributed by atoms with Crippen LogP contribution in [0.3, 0.4) is 0 Å². The van der Waals surface area contributed by atoms with Crippen molar-refractivity contribution in [2.24, 2.45) is 5.92 Å². The van der Waals surface area contributed by atoms with Crippen molar-refractivity contribution in [3.63, 3.8) is 0 Å². The summed E-state index contributed by atoms with van der Waals surface area (Å²) in [6.45, 7) is 6.00. The fraction of sp³-hybridized carbons (Fsp3) is 0.526. The number of carbonyl (C=O) groups is 1. The van der Waals surface area contributed by atoms with Crippen LogP contribution >= 0.6 is 0 Å². The van der Waals surface area contributed by atoms with Gasteiger partial charge in [-0.1, -0.05) is 12.6 Å². The molecule has 7 nitrogen and oxygen atoms in total. The Bertz CT molecular complexity index is 800. The number of hydrogen-bond acceptors (Lipinski definition) is 4. The number of carboxylic acid groups (broad SMARTS) is 1. The van der Waals surface area contributed by atoms with Gasteiger partial charge in [0.25, 0.3) is 0 Å². The fourth-order valence-electron chi connectivity index (χ4n) is 3.67. The standard InChI is InChI=1S/C19H26N2O5S/c1-2-27(24,25)21-11-7-16-13-18(4-3-17(16)14-21)26-12-8-15-5-9-20(10-6-15)19(22)23/h2-4,13,15H,1,5-12,14H2,(H,22,23). The lowest BCUT2D eigenvalue weighted by Crippen LogP contribution is -2.37. The van der Waals surface area contributed by atoms with Gasteiger partial charge in [-0.3, -0.25) is 0 Å². The van der Waals surface area contributed by atoms with Crippen molar-refractivity contribution in [3.8, 4) is 5.75 Å². The summed E-state index contributed by atoms with van der Waals surface area (Å²) in [5.41, 5.74) is 2.12. The monoisotopic (exact) mass is 394 g/mol. The number of rotatable bonds is 6. The Morgan fingerprint density at radius 2 is 2.00 bits per heavy atom. The van der Waals surface area contributed by atoms with Crippen molar-refractivity contribution in [2.45, 2.75) is 32.2 Å². The highest BCUT2D eigenvalue weighted by atomic mass is 32.2. The minimum atomic E-state index is -3.38. The molecule has 1 amide bonds. The molecule has 0 atom stereocenters. The number of amides is 1. The first-order valence-electron chi connectivity index (χ1n) is 9.24. The second-order valence-electron chi connectivity index (χ2n) is 7.08. The molecule has 1 N–H and O–H groups in total. The predicted molar refractivity (Wildman–Crippen MR) is 102 cm³/mol. The molecule has 2 aliphatic heterocycles. The van der Waals surface area contributed by atoms with E-state index in [-0.39, 0.29) is 0 Å². The average molecular weight is 394 g/mol. The highest BCUT2D eigenvalue weighted by Crippen LogP contribution is 2.26. The van der Waals surface area contributed by atoms with Crippen molar-refractivity contribution in [3.05, 3.63) is 41.3 Å². The van der Waals surface area contributed by atoms with E-state index in [1.54, 1.807) is 0 Å². The van der Waals surface area contributed by atoms with Crippen LogP contribution in [0.2, 0.25) is 0 Å². The third kappa shape index (κ3) is 4.81. The number of nitrogens with zero attached hydrogens (tertiary/aromatic N) is 2. The van der Waals surface area contributed by atoms with Gasteiger partial charge in [0, 0.05) is 31.6 Å². The molecule has 2 aliphatic rings. The van der Waals surface area contributed by atoms with E-state index < -0.39 is 16.1 Å². The highest BCUT2D eigenvalue weighted by Gasteiger charge is 2.25. The maximum atomic E-state index is 11.9. The number of sulfonamides is 1. The molecule has 0 bridgehead atoms. The van der Waals surface area contributed by atoms with E-state index in [1.165, 1.54) is 9.21 Å². The lowest BCUT2D eigenvalue weighted by Gasteiger charge is -2.30. The van der Waals surface area contributed by atoms with Gasteiger partial charge >= 0.3 is 6.09 Å². The second kappa shape index (κ2) is 8.31. The molecule has 1 saturated heterocycles. The van der Waals surface area contributed by atoms with Crippen LogP contribution < -0.4 is 4.74 Å². The van der Waals surface area contributed by atoms with Crippen molar-refractivity contribution in [1.82, 2.24) is 9.21 Å². The molecule has 1 aromatic rings. The Labute approximate surface area is 160 Å². The molecule has 3 rings (SSSR count). The zero-order chi connectivity index (χ0) is 19.4. The van der Waals surface area contributed by atoms with Gasteiger partial charge in [0.05, 0.1) is 6.61 Å². The number of ether oxygens (including phenoxy) is 1. The van der Waals surface area contributed by atoms with E-state index in [4.69, 9.17) is 9.84 Å². The highest BCUT2D eigenvalue weighted by molar-refractivity contribution is 7.91. The van der Waals surface area contributed by atoms with E-state index in [1.807, 2.05) is 18.2 Å². The molecule has 8 heteroatoms. The Morgan fingerprint density at radius 1 is 1.26 bits per heavy atom. The van der Waals surface area contributed by atoms with Crippen LogP contribution in [0.4, 0.5) is 4.79 Å². The Morgan fingerprint density at radius 3 is 2.67 bits per heavy atom. The van der Waals surface area contributed by atoms with Crippen LogP contribution in [0, 0.1) is 5.92 Å². The summed E-state index contributed by atoms with van der Waals surface area (Å²) in [4.78, 5) is 12.4. The summed E-state index contributed by atoms with van der Waals surface area (Å²) in [6, 6.07) is 5.82. The van der Waals surface area contributed by atoms with E-state index in [0.29, 0.717) is 45.1 Å². The lowest BCUT2D eigenvalue weighted by atomic mass is 9.94. The minimum Gasteiger partial charge on any atom is -0.494 e. The number of hydrogen-bond donors (Lipinski definition) is 1. The van der Waals surface area contributed by atoms with Gasteiger partial charge in [-0.2, -0.15) is 4.31 Å². The zero-order valence-electron chi connectivity index (χ0n) is 15.3. The second-order valence-corrected chi connectivity index (χ2v) is 8.96. The third-order valence-electron chi connectivity index (χ3n) is 5.41. The summed E-state index contributed by atoms with van der Waals surface area (Å²) >= 11 is 0. The first-order chi connectivity index (χ1) is 12.9. The first-order valence-corrected chi connectivity index (χ1v) is 10.7. The number of likely N-dealkylation sites (tertiary alicyclic amines) is 1. The van der Waals surface area contributed by atoms with Gasteiger partial charge < -0.3 is 14.7 Å². The molecule has 27 heavy (non-hydrogen) atoms. The fourth-order valence-corrected chi connectivity index (χ4v) is 4.55. The minimum absolute atomic E-state index is 0.367.